The van der Waals surface area contributed by atoms with Crippen molar-refractivity contribution in [3.63, 3.8) is 0 Å². The van der Waals surface area contributed by atoms with Crippen molar-refractivity contribution < 1.29 is 9.53 Å². The Labute approximate surface area is 128 Å². The van der Waals surface area contributed by atoms with Gasteiger partial charge >= 0.3 is 0 Å². The maximum absolute atomic E-state index is 11.4. The van der Waals surface area contributed by atoms with Gasteiger partial charge in [-0.25, -0.2) is 0 Å². The standard InChI is InChI=1S/C17H30N2O2/c1-3-21-16-12-15(17(16)8-4-5-9-17)18-14-6-10-19(11-7-14)13(2)20/h14-16,18H,3-12H2,1-2H3/t15-,16-/m0/s1. The zero-order chi connectivity index (χ0) is 14.9. The van der Waals surface area contributed by atoms with Crippen molar-refractivity contribution in [1.29, 1.82) is 0 Å². The van der Waals surface area contributed by atoms with E-state index in [1.54, 1.807) is 6.92 Å². The van der Waals surface area contributed by atoms with E-state index in [4.69, 9.17) is 4.74 Å². The number of likely N-dealkylation sites (tertiary alicyclic amines) is 1. The van der Waals surface area contributed by atoms with E-state index in [-0.39, 0.29) is 5.91 Å². The normalized spacial score (nSPS) is 32.4. The minimum atomic E-state index is 0.223. The second-order valence-electron chi connectivity index (χ2n) is 7.12. The van der Waals surface area contributed by atoms with Crippen molar-refractivity contribution in [3.8, 4) is 0 Å². The second-order valence-corrected chi connectivity index (χ2v) is 7.12. The van der Waals surface area contributed by atoms with Crippen LogP contribution in [0.2, 0.25) is 0 Å². The van der Waals surface area contributed by atoms with Crippen LogP contribution in [0.5, 0.6) is 0 Å². The van der Waals surface area contributed by atoms with Gasteiger partial charge in [-0.15, -0.1) is 0 Å². The Hall–Kier alpha value is -0.610. The van der Waals surface area contributed by atoms with Crippen LogP contribution in [-0.4, -0.2) is 48.7 Å². The molecule has 2 atom stereocenters. The van der Waals surface area contributed by atoms with Gasteiger partial charge < -0.3 is 15.0 Å². The Morgan fingerprint density at radius 2 is 1.95 bits per heavy atom. The lowest BCUT2D eigenvalue weighted by Crippen LogP contribution is -2.65. The van der Waals surface area contributed by atoms with E-state index in [1.165, 1.54) is 32.1 Å². The van der Waals surface area contributed by atoms with Gasteiger partial charge in [0.1, 0.15) is 0 Å². The molecule has 1 saturated heterocycles. The molecule has 2 aliphatic carbocycles. The average molecular weight is 294 g/mol. The Bertz CT molecular complexity index is 371. The monoisotopic (exact) mass is 294 g/mol. The Balaban J connectivity index is 1.53. The summed E-state index contributed by atoms with van der Waals surface area (Å²) in [5.74, 6) is 0.223. The van der Waals surface area contributed by atoms with Crippen LogP contribution in [0.25, 0.3) is 0 Å². The summed E-state index contributed by atoms with van der Waals surface area (Å²) in [5.41, 5.74) is 0.424. The van der Waals surface area contributed by atoms with Gasteiger partial charge in [0.05, 0.1) is 6.10 Å². The molecule has 2 saturated carbocycles. The number of carbonyl (C=O) groups excluding carboxylic acids is 1. The molecule has 3 aliphatic rings. The van der Waals surface area contributed by atoms with Gasteiger partial charge in [0, 0.05) is 44.1 Å². The maximum Gasteiger partial charge on any atom is 0.219 e. The average Bonchev–Trinajstić information content (AvgIpc) is 2.99. The fraction of sp³-hybridized carbons (Fsp3) is 0.941. The second kappa shape index (κ2) is 6.25. The molecule has 1 spiro atoms. The number of rotatable bonds is 4. The van der Waals surface area contributed by atoms with E-state index in [1.807, 2.05) is 4.90 Å². The molecule has 4 heteroatoms. The SMILES string of the molecule is CCO[C@H]1C[C@H](NC2CCN(C(C)=O)CC2)C12CCCC2. The highest BCUT2D eigenvalue weighted by atomic mass is 16.5. The first-order chi connectivity index (χ1) is 10.2. The van der Waals surface area contributed by atoms with E-state index in [0.29, 0.717) is 23.6 Å². The lowest BCUT2D eigenvalue weighted by atomic mass is 9.60. The molecule has 0 radical (unpaired) electrons. The van der Waals surface area contributed by atoms with Crippen molar-refractivity contribution in [1.82, 2.24) is 10.2 Å². The number of hydrogen-bond donors (Lipinski definition) is 1. The molecule has 0 aromatic rings. The van der Waals surface area contributed by atoms with Crippen molar-refractivity contribution in [3.05, 3.63) is 0 Å². The molecule has 0 aromatic heterocycles. The summed E-state index contributed by atoms with van der Waals surface area (Å²) in [4.78, 5) is 13.4. The fourth-order valence-corrected chi connectivity index (χ4v) is 4.77. The smallest absolute Gasteiger partial charge is 0.219 e. The minimum absolute atomic E-state index is 0.223. The molecule has 1 aliphatic heterocycles. The van der Waals surface area contributed by atoms with Crippen LogP contribution in [0.1, 0.15) is 58.8 Å². The summed E-state index contributed by atoms with van der Waals surface area (Å²) in [7, 11) is 0. The van der Waals surface area contributed by atoms with Gasteiger partial charge in [-0.2, -0.15) is 0 Å². The number of ether oxygens (including phenoxy) is 1. The molecular weight excluding hydrogens is 264 g/mol. The van der Waals surface area contributed by atoms with Crippen LogP contribution < -0.4 is 5.32 Å². The summed E-state index contributed by atoms with van der Waals surface area (Å²) in [6.45, 7) is 6.47. The molecular formula is C17H30N2O2. The van der Waals surface area contributed by atoms with Gasteiger partial charge in [0.15, 0.2) is 0 Å². The quantitative estimate of drug-likeness (QED) is 0.865. The minimum Gasteiger partial charge on any atom is -0.378 e. The molecule has 3 rings (SSSR count). The number of hydrogen-bond acceptors (Lipinski definition) is 3. The van der Waals surface area contributed by atoms with E-state index in [2.05, 4.69) is 12.2 Å². The van der Waals surface area contributed by atoms with E-state index in [0.717, 1.165) is 32.5 Å². The zero-order valence-electron chi connectivity index (χ0n) is 13.6. The van der Waals surface area contributed by atoms with Crippen LogP contribution in [0, 0.1) is 5.41 Å². The van der Waals surface area contributed by atoms with Gasteiger partial charge in [0.2, 0.25) is 5.91 Å². The van der Waals surface area contributed by atoms with Gasteiger partial charge in [-0.1, -0.05) is 12.8 Å². The van der Waals surface area contributed by atoms with Crippen molar-refractivity contribution in [2.24, 2.45) is 5.41 Å². The number of carbonyl (C=O) groups is 1. The van der Waals surface area contributed by atoms with E-state index >= 15 is 0 Å². The van der Waals surface area contributed by atoms with E-state index in [9.17, 15) is 4.79 Å². The highest BCUT2D eigenvalue weighted by Crippen LogP contribution is 2.55. The van der Waals surface area contributed by atoms with Crippen LogP contribution in [0.4, 0.5) is 0 Å². The number of nitrogens with one attached hydrogen (secondary N) is 1. The maximum atomic E-state index is 11.4. The molecule has 1 amide bonds. The Kier molecular flexibility index (Phi) is 4.55. The predicted octanol–water partition coefficient (Wildman–Crippen LogP) is 2.32. The topological polar surface area (TPSA) is 41.6 Å². The first-order valence-electron chi connectivity index (χ1n) is 8.79. The lowest BCUT2D eigenvalue weighted by Gasteiger charge is -2.55. The van der Waals surface area contributed by atoms with Crippen LogP contribution >= 0.6 is 0 Å². The fourth-order valence-electron chi connectivity index (χ4n) is 4.77. The number of piperidine rings is 1. The molecule has 0 aromatic carbocycles. The number of nitrogens with zero attached hydrogens (tertiary/aromatic N) is 1. The van der Waals surface area contributed by atoms with Crippen LogP contribution in [0.3, 0.4) is 0 Å². The largest absolute Gasteiger partial charge is 0.378 e. The van der Waals surface area contributed by atoms with Crippen LogP contribution in [-0.2, 0) is 9.53 Å². The van der Waals surface area contributed by atoms with Crippen molar-refractivity contribution in [2.45, 2.75) is 77.0 Å². The molecule has 0 unspecified atom stereocenters. The highest BCUT2D eigenvalue weighted by molar-refractivity contribution is 5.73. The molecule has 1 heterocycles. The zero-order valence-corrected chi connectivity index (χ0v) is 13.6. The third-order valence-electron chi connectivity index (χ3n) is 6.06. The molecule has 120 valence electrons. The molecule has 4 nitrogen and oxygen atoms in total. The van der Waals surface area contributed by atoms with Gasteiger partial charge in [0.25, 0.3) is 0 Å². The summed E-state index contributed by atoms with van der Waals surface area (Å²) in [6.07, 6.45) is 9.27. The third-order valence-corrected chi connectivity index (χ3v) is 6.06. The summed E-state index contributed by atoms with van der Waals surface area (Å²) < 4.78 is 5.99. The number of amides is 1. The first-order valence-corrected chi connectivity index (χ1v) is 8.79. The molecule has 21 heavy (non-hydrogen) atoms. The Morgan fingerprint density at radius 1 is 1.29 bits per heavy atom. The van der Waals surface area contributed by atoms with Crippen molar-refractivity contribution in [2.75, 3.05) is 19.7 Å². The molecule has 1 N–H and O–H groups in total. The van der Waals surface area contributed by atoms with Gasteiger partial charge in [-0.3, -0.25) is 4.79 Å². The van der Waals surface area contributed by atoms with E-state index < -0.39 is 0 Å². The molecule has 0 bridgehead atoms. The van der Waals surface area contributed by atoms with Gasteiger partial charge in [-0.05, 0) is 39.0 Å². The van der Waals surface area contributed by atoms with Crippen molar-refractivity contribution >= 4 is 5.91 Å². The molecule has 3 fully saturated rings. The summed E-state index contributed by atoms with van der Waals surface area (Å²) in [5, 5.41) is 3.92. The predicted molar refractivity (Wildman–Crippen MR) is 83.1 cm³/mol. The summed E-state index contributed by atoms with van der Waals surface area (Å²) >= 11 is 0. The lowest BCUT2D eigenvalue weighted by molar-refractivity contribution is -0.135. The first kappa shape index (κ1) is 15.3. The highest BCUT2D eigenvalue weighted by Gasteiger charge is 2.56. The van der Waals surface area contributed by atoms with Crippen LogP contribution in [0.15, 0.2) is 0 Å². The Morgan fingerprint density at radius 3 is 2.52 bits per heavy atom. The third kappa shape index (κ3) is 2.85. The summed E-state index contributed by atoms with van der Waals surface area (Å²) in [6, 6.07) is 1.23.